The lowest BCUT2D eigenvalue weighted by Gasteiger charge is -2.23. The van der Waals surface area contributed by atoms with Crippen LogP contribution in [0.25, 0.3) is 0 Å². The largest absolute Gasteiger partial charge is 0.372 e. The number of amides is 2. The molecule has 1 atom stereocenters. The molecule has 1 heterocycles. The van der Waals surface area contributed by atoms with Crippen molar-refractivity contribution in [3.63, 3.8) is 0 Å². The van der Waals surface area contributed by atoms with Gasteiger partial charge in [0, 0.05) is 26.7 Å². The molecule has 1 aliphatic rings. The van der Waals surface area contributed by atoms with Gasteiger partial charge in [0.05, 0.1) is 12.7 Å². The summed E-state index contributed by atoms with van der Waals surface area (Å²) in [4.78, 5) is 28.2. The third kappa shape index (κ3) is 4.49. The van der Waals surface area contributed by atoms with Crippen molar-refractivity contribution in [1.82, 2.24) is 9.80 Å². The van der Waals surface area contributed by atoms with Crippen molar-refractivity contribution in [3.8, 4) is 0 Å². The fourth-order valence-corrected chi connectivity index (χ4v) is 3.13. The fraction of sp³-hybridized carbons (Fsp3) is 0.333. The molecule has 5 nitrogen and oxygen atoms in total. The van der Waals surface area contributed by atoms with Gasteiger partial charge in [-0.1, -0.05) is 60.7 Å². The van der Waals surface area contributed by atoms with Gasteiger partial charge in [0.15, 0.2) is 0 Å². The summed E-state index contributed by atoms with van der Waals surface area (Å²) in [6, 6.07) is 19.6. The zero-order chi connectivity index (χ0) is 18.4. The second-order valence-electron chi connectivity index (χ2n) is 6.50. The van der Waals surface area contributed by atoms with Crippen LogP contribution in [0.2, 0.25) is 0 Å². The minimum Gasteiger partial charge on any atom is -0.372 e. The third-order valence-electron chi connectivity index (χ3n) is 4.59. The summed E-state index contributed by atoms with van der Waals surface area (Å²) < 4.78 is 5.89. The van der Waals surface area contributed by atoms with Crippen LogP contribution in [-0.4, -0.2) is 48.4 Å². The molecule has 1 saturated heterocycles. The Morgan fingerprint density at radius 2 is 1.69 bits per heavy atom. The van der Waals surface area contributed by atoms with Crippen molar-refractivity contribution in [3.05, 3.63) is 71.8 Å². The standard InChI is InChI=1S/C21H24N2O3/c1-22(16-17-8-4-2-5-9-17)20(24)21(25)23-13-12-19(26-15-14-23)18-10-6-3-7-11-18/h2-11,19H,12-16H2,1H3. The van der Waals surface area contributed by atoms with E-state index >= 15 is 0 Å². The number of carbonyl (C=O) groups excluding carboxylic acids is 2. The van der Waals surface area contributed by atoms with Gasteiger partial charge in [0.25, 0.3) is 0 Å². The second kappa shape index (κ2) is 8.63. The average Bonchev–Trinajstić information content (AvgIpc) is 2.94. The number of hydrogen-bond acceptors (Lipinski definition) is 3. The van der Waals surface area contributed by atoms with Crippen molar-refractivity contribution in [2.75, 3.05) is 26.7 Å². The molecule has 0 spiro atoms. The maximum absolute atomic E-state index is 12.6. The van der Waals surface area contributed by atoms with Crippen LogP contribution < -0.4 is 0 Å². The lowest BCUT2D eigenvalue weighted by molar-refractivity contribution is -0.151. The molecular formula is C21H24N2O3. The predicted octanol–water partition coefficient (Wildman–Crippen LogP) is 2.64. The Bertz CT molecular complexity index is 733. The number of likely N-dealkylation sites (N-methyl/N-ethyl adjacent to an activating group) is 1. The Labute approximate surface area is 154 Å². The van der Waals surface area contributed by atoms with E-state index in [0.717, 1.165) is 11.1 Å². The number of rotatable bonds is 3. The normalized spacial score (nSPS) is 17.4. The monoisotopic (exact) mass is 352 g/mol. The number of benzene rings is 2. The smallest absolute Gasteiger partial charge is 0.312 e. The first-order chi connectivity index (χ1) is 12.6. The molecule has 136 valence electrons. The minimum absolute atomic E-state index is 0.0360. The molecule has 2 aromatic rings. The zero-order valence-electron chi connectivity index (χ0n) is 15.0. The molecule has 0 radical (unpaired) electrons. The van der Waals surface area contributed by atoms with E-state index in [1.165, 1.54) is 4.90 Å². The second-order valence-corrected chi connectivity index (χ2v) is 6.50. The highest BCUT2D eigenvalue weighted by atomic mass is 16.5. The number of carbonyl (C=O) groups is 2. The van der Waals surface area contributed by atoms with Gasteiger partial charge in [0.1, 0.15) is 0 Å². The van der Waals surface area contributed by atoms with Crippen molar-refractivity contribution in [2.45, 2.75) is 19.1 Å². The first-order valence-electron chi connectivity index (χ1n) is 8.90. The Morgan fingerprint density at radius 1 is 1.04 bits per heavy atom. The van der Waals surface area contributed by atoms with E-state index in [1.54, 1.807) is 11.9 Å². The highest BCUT2D eigenvalue weighted by Gasteiger charge is 2.28. The summed E-state index contributed by atoms with van der Waals surface area (Å²) >= 11 is 0. The number of nitrogens with zero attached hydrogens (tertiary/aromatic N) is 2. The van der Waals surface area contributed by atoms with E-state index in [0.29, 0.717) is 32.7 Å². The van der Waals surface area contributed by atoms with Crippen LogP contribution in [0.1, 0.15) is 23.7 Å². The summed E-state index contributed by atoms with van der Waals surface area (Å²) in [5, 5.41) is 0. The summed E-state index contributed by atoms with van der Waals surface area (Å²) in [6.07, 6.45) is 0.650. The molecule has 26 heavy (non-hydrogen) atoms. The van der Waals surface area contributed by atoms with Crippen molar-refractivity contribution >= 4 is 11.8 Å². The van der Waals surface area contributed by atoms with Gasteiger partial charge in [-0.2, -0.15) is 0 Å². The molecule has 0 bridgehead atoms. The molecule has 3 rings (SSSR count). The molecule has 2 aromatic carbocycles. The highest BCUT2D eigenvalue weighted by molar-refractivity contribution is 6.34. The maximum Gasteiger partial charge on any atom is 0.312 e. The molecule has 1 fully saturated rings. The van der Waals surface area contributed by atoms with Crippen LogP contribution in [0.4, 0.5) is 0 Å². The first kappa shape index (κ1) is 18.1. The van der Waals surface area contributed by atoms with Gasteiger partial charge in [-0.15, -0.1) is 0 Å². The topological polar surface area (TPSA) is 49.9 Å². The SMILES string of the molecule is CN(Cc1ccccc1)C(=O)C(=O)N1CCOC(c2ccccc2)CC1. The Kier molecular flexibility index (Phi) is 6.02. The predicted molar refractivity (Wildman–Crippen MR) is 99.2 cm³/mol. The van der Waals surface area contributed by atoms with Gasteiger partial charge in [-0.05, 0) is 17.5 Å². The molecule has 0 aromatic heterocycles. The van der Waals surface area contributed by atoms with E-state index in [2.05, 4.69) is 0 Å². The van der Waals surface area contributed by atoms with Crippen LogP contribution >= 0.6 is 0 Å². The Morgan fingerprint density at radius 3 is 2.38 bits per heavy atom. The molecule has 0 N–H and O–H groups in total. The maximum atomic E-state index is 12.6. The average molecular weight is 352 g/mol. The molecular weight excluding hydrogens is 328 g/mol. The van der Waals surface area contributed by atoms with Crippen LogP contribution in [0, 0.1) is 0 Å². The molecule has 0 saturated carbocycles. The Hall–Kier alpha value is -2.66. The lowest BCUT2D eigenvalue weighted by Crippen LogP contribution is -2.44. The van der Waals surface area contributed by atoms with Gasteiger partial charge >= 0.3 is 11.8 Å². The summed E-state index contributed by atoms with van der Waals surface area (Å²) in [5.74, 6) is -0.937. The van der Waals surface area contributed by atoms with Crippen LogP contribution in [0.15, 0.2) is 60.7 Å². The van der Waals surface area contributed by atoms with E-state index in [1.807, 2.05) is 60.7 Å². The van der Waals surface area contributed by atoms with E-state index < -0.39 is 11.8 Å². The van der Waals surface area contributed by atoms with Gasteiger partial charge in [-0.3, -0.25) is 9.59 Å². The van der Waals surface area contributed by atoms with Gasteiger partial charge < -0.3 is 14.5 Å². The van der Waals surface area contributed by atoms with E-state index in [9.17, 15) is 9.59 Å². The van der Waals surface area contributed by atoms with Crippen molar-refractivity contribution in [1.29, 1.82) is 0 Å². The van der Waals surface area contributed by atoms with E-state index in [-0.39, 0.29) is 6.10 Å². The first-order valence-corrected chi connectivity index (χ1v) is 8.90. The number of ether oxygens (including phenoxy) is 1. The highest BCUT2D eigenvalue weighted by Crippen LogP contribution is 2.23. The molecule has 5 heteroatoms. The van der Waals surface area contributed by atoms with Crippen molar-refractivity contribution in [2.24, 2.45) is 0 Å². The zero-order valence-corrected chi connectivity index (χ0v) is 15.0. The molecule has 2 amide bonds. The fourth-order valence-electron chi connectivity index (χ4n) is 3.13. The summed E-state index contributed by atoms with van der Waals surface area (Å²) in [6.45, 7) is 1.81. The Balaban J connectivity index is 1.58. The molecule has 1 unspecified atom stereocenters. The molecule has 0 aliphatic carbocycles. The quantitative estimate of drug-likeness (QED) is 0.798. The minimum atomic E-state index is -0.480. The van der Waals surface area contributed by atoms with Crippen molar-refractivity contribution < 1.29 is 14.3 Å². The van der Waals surface area contributed by atoms with Crippen LogP contribution in [0.5, 0.6) is 0 Å². The van der Waals surface area contributed by atoms with Crippen LogP contribution in [-0.2, 0) is 20.9 Å². The third-order valence-corrected chi connectivity index (χ3v) is 4.59. The van der Waals surface area contributed by atoms with E-state index in [4.69, 9.17) is 4.74 Å². The number of hydrogen-bond donors (Lipinski definition) is 0. The molecule has 1 aliphatic heterocycles. The summed E-state index contributed by atoms with van der Waals surface area (Å²) in [7, 11) is 1.66. The van der Waals surface area contributed by atoms with Crippen LogP contribution in [0.3, 0.4) is 0 Å². The summed E-state index contributed by atoms with van der Waals surface area (Å²) in [5.41, 5.74) is 2.11. The lowest BCUT2D eigenvalue weighted by atomic mass is 10.1. The van der Waals surface area contributed by atoms with Gasteiger partial charge in [-0.25, -0.2) is 0 Å². The van der Waals surface area contributed by atoms with Gasteiger partial charge in [0.2, 0.25) is 0 Å².